The van der Waals surface area contributed by atoms with Crippen LogP contribution >= 0.6 is 0 Å². The van der Waals surface area contributed by atoms with Crippen LogP contribution in [-0.2, 0) is 0 Å². The van der Waals surface area contributed by atoms with Crippen LogP contribution in [-0.4, -0.2) is 19.1 Å². The summed E-state index contributed by atoms with van der Waals surface area (Å²) >= 11 is 0. The first-order valence-corrected chi connectivity index (χ1v) is 6.80. The molecule has 0 aliphatic heterocycles. The average Bonchev–Trinajstić information content (AvgIpc) is 2.36. The van der Waals surface area contributed by atoms with Crippen LogP contribution in [0.2, 0.25) is 0 Å². The minimum atomic E-state index is 0.0484. The van der Waals surface area contributed by atoms with E-state index in [1.54, 1.807) is 0 Å². The first kappa shape index (κ1) is 15.5. The third-order valence-electron chi connectivity index (χ3n) is 3.59. The number of rotatable bonds is 4. The first-order valence-electron chi connectivity index (χ1n) is 6.80. The van der Waals surface area contributed by atoms with Gasteiger partial charge in [-0.3, -0.25) is 0 Å². The lowest BCUT2D eigenvalue weighted by molar-refractivity contribution is 0.268. The van der Waals surface area contributed by atoms with E-state index in [-0.39, 0.29) is 17.5 Å². The van der Waals surface area contributed by atoms with Crippen molar-refractivity contribution in [2.75, 3.05) is 11.9 Å². The molecule has 2 unspecified atom stereocenters. The van der Waals surface area contributed by atoms with Crippen LogP contribution in [0.25, 0.3) is 0 Å². The largest absolute Gasteiger partial charge is 0.368 e. The van der Waals surface area contributed by atoms with Crippen LogP contribution in [0.5, 0.6) is 0 Å². The summed E-state index contributed by atoms with van der Waals surface area (Å²) in [6, 6.07) is 10.2. The molecular weight excluding hydrogens is 234 g/mol. The van der Waals surface area contributed by atoms with Gasteiger partial charge < -0.3 is 10.6 Å². The Kier molecular flexibility index (Phi) is 4.97. The summed E-state index contributed by atoms with van der Waals surface area (Å²) in [5.74, 6) is 0. The van der Waals surface area contributed by atoms with Crippen molar-refractivity contribution in [3.63, 3.8) is 0 Å². The Morgan fingerprint density at radius 1 is 1.32 bits per heavy atom. The molecule has 2 atom stereocenters. The Hall–Kier alpha value is -1.53. The quantitative estimate of drug-likeness (QED) is 0.903. The second kappa shape index (κ2) is 6.08. The van der Waals surface area contributed by atoms with E-state index in [0.717, 1.165) is 12.1 Å². The number of nitrogens with zero attached hydrogens (tertiary/aromatic N) is 2. The number of anilines is 1. The van der Waals surface area contributed by atoms with Crippen molar-refractivity contribution < 1.29 is 0 Å². The van der Waals surface area contributed by atoms with Crippen molar-refractivity contribution in [3.8, 4) is 6.07 Å². The number of hydrogen-bond acceptors (Lipinski definition) is 3. The summed E-state index contributed by atoms with van der Waals surface area (Å²) in [6.45, 7) is 8.68. The maximum atomic E-state index is 9.24. The van der Waals surface area contributed by atoms with Gasteiger partial charge in [0.1, 0.15) is 6.07 Å². The molecule has 1 rings (SSSR count). The zero-order valence-corrected chi connectivity index (χ0v) is 12.6. The highest BCUT2D eigenvalue weighted by Gasteiger charge is 2.33. The number of likely N-dealkylation sites (N-methyl/N-ethyl adjacent to an activating group) is 1. The molecule has 104 valence electrons. The van der Waals surface area contributed by atoms with Crippen molar-refractivity contribution in [2.24, 2.45) is 11.1 Å². The third kappa shape index (κ3) is 3.48. The minimum absolute atomic E-state index is 0.0484. The van der Waals surface area contributed by atoms with Gasteiger partial charge in [0, 0.05) is 19.1 Å². The SMILES string of the molecule is CCC(N)C(N(C)c1ccccc1C#N)C(C)(C)C. The topological polar surface area (TPSA) is 53.0 Å². The van der Waals surface area contributed by atoms with Crippen LogP contribution in [0.3, 0.4) is 0 Å². The van der Waals surface area contributed by atoms with Crippen molar-refractivity contribution in [1.82, 2.24) is 0 Å². The molecule has 3 heteroatoms. The van der Waals surface area contributed by atoms with E-state index in [9.17, 15) is 5.26 Å². The van der Waals surface area contributed by atoms with Crippen LogP contribution in [0.15, 0.2) is 24.3 Å². The second-order valence-corrected chi connectivity index (χ2v) is 6.12. The van der Waals surface area contributed by atoms with Crippen LogP contribution in [0.1, 0.15) is 39.7 Å². The summed E-state index contributed by atoms with van der Waals surface area (Å²) in [5.41, 5.74) is 8.01. The van der Waals surface area contributed by atoms with Crippen molar-refractivity contribution in [2.45, 2.75) is 46.2 Å². The normalized spacial score (nSPS) is 14.6. The lowest BCUT2D eigenvalue weighted by Gasteiger charge is -2.43. The molecule has 0 spiro atoms. The van der Waals surface area contributed by atoms with E-state index in [1.165, 1.54) is 0 Å². The Balaban J connectivity index is 3.20. The molecule has 0 saturated heterocycles. The van der Waals surface area contributed by atoms with Crippen LogP contribution in [0, 0.1) is 16.7 Å². The third-order valence-corrected chi connectivity index (χ3v) is 3.59. The molecule has 0 aliphatic carbocycles. The lowest BCUT2D eigenvalue weighted by atomic mass is 9.80. The molecule has 2 N–H and O–H groups in total. The molecule has 1 aromatic rings. The molecule has 0 heterocycles. The standard InChI is InChI=1S/C16H25N3/c1-6-13(18)15(16(2,3)4)19(5)14-10-8-7-9-12(14)11-17/h7-10,13,15H,6,18H2,1-5H3. The predicted octanol–water partition coefficient (Wildman–Crippen LogP) is 3.15. The molecule has 3 nitrogen and oxygen atoms in total. The fourth-order valence-electron chi connectivity index (χ4n) is 2.76. The predicted molar refractivity (Wildman–Crippen MR) is 81.1 cm³/mol. The summed E-state index contributed by atoms with van der Waals surface area (Å²) in [5, 5.41) is 9.24. The van der Waals surface area contributed by atoms with Gasteiger partial charge in [-0.25, -0.2) is 0 Å². The number of nitrogens with two attached hydrogens (primary N) is 1. The molecule has 0 amide bonds. The zero-order valence-electron chi connectivity index (χ0n) is 12.6. The van der Waals surface area contributed by atoms with Crippen LogP contribution in [0.4, 0.5) is 5.69 Å². The number of hydrogen-bond donors (Lipinski definition) is 1. The van der Waals surface area contributed by atoms with Crippen molar-refractivity contribution >= 4 is 5.69 Å². The minimum Gasteiger partial charge on any atom is -0.368 e. The molecular formula is C16H25N3. The van der Waals surface area contributed by atoms with Gasteiger partial charge in [-0.1, -0.05) is 39.8 Å². The Morgan fingerprint density at radius 2 is 1.89 bits per heavy atom. The highest BCUT2D eigenvalue weighted by molar-refractivity contribution is 5.59. The number of para-hydroxylation sites is 1. The van der Waals surface area contributed by atoms with Gasteiger partial charge in [0.05, 0.1) is 11.3 Å². The summed E-state index contributed by atoms with van der Waals surface area (Å²) in [6.07, 6.45) is 0.918. The van der Waals surface area contributed by atoms with Crippen molar-refractivity contribution in [3.05, 3.63) is 29.8 Å². The van der Waals surface area contributed by atoms with Gasteiger partial charge >= 0.3 is 0 Å². The molecule has 19 heavy (non-hydrogen) atoms. The Bertz CT molecular complexity index is 454. The maximum absolute atomic E-state index is 9.24. The van der Waals surface area contributed by atoms with E-state index in [2.05, 4.69) is 38.7 Å². The maximum Gasteiger partial charge on any atom is 0.101 e. The first-order chi connectivity index (χ1) is 8.82. The Morgan fingerprint density at radius 3 is 2.37 bits per heavy atom. The monoisotopic (exact) mass is 259 g/mol. The molecule has 0 saturated carbocycles. The van der Waals surface area contributed by atoms with Gasteiger partial charge in [0.25, 0.3) is 0 Å². The van der Waals surface area contributed by atoms with Gasteiger partial charge in [-0.05, 0) is 24.0 Å². The van der Waals surface area contributed by atoms with Gasteiger partial charge in [-0.15, -0.1) is 0 Å². The molecule has 0 aliphatic rings. The fourth-order valence-corrected chi connectivity index (χ4v) is 2.76. The van der Waals surface area contributed by atoms with Gasteiger partial charge in [0.15, 0.2) is 0 Å². The van der Waals surface area contributed by atoms with E-state index in [4.69, 9.17) is 5.73 Å². The Labute approximate surface area is 117 Å². The van der Waals surface area contributed by atoms with E-state index < -0.39 is 0 Å². The van der Waals surface area contributed by atoms with E-state index in [1.807, 2.05) is 31.3 Å². The summed E-state index contributed by atoms with van der Waals surface area (Å²) in [7, 11) is 2.03. The molecule has 0 radical (unpaired) electrons. The number of nitriles is 1. The smallest absolute Gasteiger partial charge is 0.101 e. The molecule has 0 fully saturated rings. The summed E-state index contributed by atoms with van der Waals surface area (Å²) in [4.78, 5) is 2.16. The van der Waals surface area contributed by atoms with E-state index >= 15 is 0 Å². The van der Waals surface area contributed by atoms with Crippen molar-refractivity contribution in [1.29, 1.82) is 5.26 Å². The molecule has 1 aromatic carbocycles. The lowest BCUT2D eigenvalue weighted by Crippen LogP contribution is -2.53. The highest BCUT2D eigenvalue weighted by Crippen LogP contribution is 2.31. The van der Waals surface area contributed by atoms with Gasteiger partial charge in [-0.2, -0.15) is 5.26 Å². The molecule has 0 aromatic heterocycles. The van der Waals surface area contributed by atoms with E-state index in [0.29, 0.717) is 5.56 Å². The molecule has 0 bridgehead atoms. The fraction of sp³-hybridized carbons (Fsp3) is 0.562. The zero-order chi connectivity index (χ0) is 14.6. The highest BCUT2D eigenvalue weighted by atomic mass is 15.2. The second-order valence-electron chi connectivity index (χ2n) is 6.12. The van der Waals surface area contributed by atoms with Gasteiger partial charge in [0.2, 0.25) is 0 Å². The number of benzene rings is 1. The average molecular weight is 259 g/mol. The van der Waals surface area contributed by atoms with Crippen LogP contribution < -0.4 is 10.6 Å². The summed E-state index contributed by atoms with van der Waals surface area (Å²) < 4.78 is 0.